The highest BCUT2D eigenvalue weighted by Crippen LogP contribution is 2.47. The standard InChI is InChI=1S/C84H108B3N12O6.3HI/c1-82(2,3)67-37-55-31-61-43-70(97(13,14)15)45-63(76(61)100-22)33-57-39-68(83(4,5)6)41-59(80(57)104-50-74-92(11)26-29-95(74)86-53-89)35-65-47-72(99(19,20)21)48-66(78(65)102-24)36-60-42-69(84(7,8)9)40-58(81(60)105-51-75-93(12)27-30-96(75)87-54-90)34-64-46-71(98(16,17)18)44-62(77(64)101-23)32-56(38-67)79(55)103-49-73-91(10)25-28-94(73)85-52-88;;;/h25-30,37-48H,31-36,49-51H2,1-24H3;3*1H/q+3;;;/p-3. The van der Waals surface area contributed by atoms with Crippen molar-refractivity contribution >= 4 is 39.3 Å². The Morgan fingerprint density at radius 3 is 0.685 bits per heavy atom. The number of halogens is 3. The average molecular weight is 1800 g/mol. The van der Waals surface area contributed by atoms with E-state index < -0.39 is 0 Å². The largest absolute Gasteiger partial charge is 1.00 e. The first kappa shape index (κ1) is 87.7. The Morgan fingerprint density at radius 1 is 0.343 bits per heavy atom. The highest BCUT2D eigenvalue weighted by molar-refractivity contribution is 6.35. The maximum atomic E-state index is 10.1. The molecule has 0 unspecified atom stereocenters. The third-order valence-corrected chi connectivity index (χ3v) is 20.3. The molecule has 10 rings (SSSR count). The van der Waals surface area contributed by atoms with Gasteiger partial charge in [0.1, 0.15) is 70.1 Å². The second-order valence-electron chi connectivity index (χ2n) is 33.9. The van der Waals surface area contributed by atoms with E-state index in [2.05, 4.69) is 216 Å². The monoisotopic (exact) mass is 1790 g/mol. The molecule has 12 bridgehead atoms. The number of nitrogens with zero attached hydrogens (tertiary/aromatic N) is 12. The molecule has 0 spiro atoms. The first-order chi connectivity index (χ1) is 49.3. The molecule has 18 nitrogen and oxygen atoms in total. The summed E-state index contributed by atoms with van der Waals surface area (Å²) in [6.45, 7) is 20.8. The van der Waals surface area contributed by atoms with Crippen LogP contribution in [0.15, 0.2) is 110 Å². The first-order valence-electron chi connectivity index (χ1n) is 36.0. The SMILES string of the molecule is COc1c2cc([N+](C)(C)C)cc1Cc1cc(C(C)(C)C)cc(c1OCc1n(C)cc[n+]1[B-]C#N)Cc1cc([N+](C)(C)C)cc(c1OC)Cc1cc(C(C)(C)C)cc(c1OCc1n(C)cc[n+]1[B-]C#N)Cc1cc([N+](C)(C)C)cc(c1OC)Cc1cc(C(C)(C)C)cc(c1OCc1n(C)cc[n+]1[B-]C#N)C2.[I-].[I-].[I-]. The summed E-state index contributed by atoms with van der Waals surface area (Å²) in [6, 6.07) is 27.7. The van der Waals surface area contributed by atoms with Crippen molar-refractivity contribution in [2.75, 3.05) is 84.8 Å². The fourth-order valence-corrected chi connectivity index (χ4v) is 14.1. The molecule has 1 aliphatic carbocycles. The van der Waals surface area contributed by atoms with Gasteiger partial charge >= 0.3 is 0 Å². The summed E-state index contributed by atoms with van der Waals surface area (Å²) in [5.41, 5.74) is 17.4. The van der Waals surface area contributed by atoms with Crippen LogP contribution >= 0.6 is 0 Å². The number of aromatic nitrogens is 6. The van der Waals surface area contributed by atoms with E-state index in [-0.39, 0.29) is 108 Å². The van der Waals surface area contributed by atoms with Crippen LogP contribution in [0.2, 0.25) is 0 Å². The number of nitriles is 3. The zero-order valence-electron chi connectivity index (χ0n) is 67.9. The number of hydrogen-bond donors (Lipinski definition) is 0. The third kappa shape index (κ3) is 19.8. The van der Waals surface area contributed by atoms with Gasteiger partial charge in [-0.2, -0.15) is 17.9 Å². The number of methoxy groups -OCH3 is 3. The molecule has 0 amide bonds. The lowest BCUT2D eigenvalue weighted by Crippen LogP contribution is -3.00. The molecule has 0 saturated carbocycles. The highest BCUT2D eigenvalue weighted by Gasteiger charge is 2.33. The second-order valence-corrected chi connectivity index (χ2v) is 33.9. The summed E-state index contributed by atoms with van der Waals surface area (Å²) in [4.78, 5) is 0. The molecule has 6 aromatic carbocycles. The van der Waals surface area contributed by atoms with Crippen LogP contribution in [0.5, 0.6) is 34.5 Å². The highest BCUT2D eigenvalue weighted by atomic mass is 127. The van der Waals surface area contributed by atoms with E-state index in [1.807, 2.05) is 85.5 Å². The number of ether oxygens (including phenoxy) is 6. The zero-order valence-corrected chi connectivity index (χ0v) is 74.4. The predicted octanol–water partition coefficient (Wildman–Crippen LogP) is 2.53. The zero-order chi connectivity index (χ0) is 76.6. The molecular formula is C84H108B3I3N12O6. The van der Waals surface area contributed by atoms with Crippen molar-refractivity contribution in [2.45, 2.75) is 137 Å². The summed E-state index contributed by atoms with van der Waals surface area (Å²) in [6.07, 6.45) is 14.0. The molecule has 0 N–H and O–H groups in total. The third-order valence-electron chi connectivity index (χ3n) is 20.3. The molecule has 3 aromatic heterocycles. The molecule has 9 aromatic rings. The van der Waals surface area contributed by atoms with Gasteiger partial charge in [0.05, 0.1) is 147 Å². The molecule has 0 fully saturated rings. The average Bonchev–Trinajstić information content (AvgIpc) is 1.00. The lowest BCUT2D eigenvalue weighted by molar-refractivity contribution is -0.539. The van der Waals surface area contributed by atoms with Crippen molar-refractivity contribution in [3.8, 4) is 52.4 Å². The Hall–Kier alpha value is -7.52. The van der Waals surface area contributed by atoms with Gasteiger partial charge in [0, 0.05) is 108 Å². The van der Waals surface area contributed by atoms with Gasteiger partial charge in [-0.3, -0.25) is 29.2 Å². The molecule has 1 aliphatic rings. The first-order valence-corrected chi connectivity index (χ1v) is 36.0. The van der Waals surface area contributed by atoms with Crippen molar-refractivity contribution in [1.82, 2.24) is 27.2 Å². The smallest absolute Gasteiger partial charge is 0.244 e. The minimum atomic E-state index is -0.320. The Balaban J connectivity index is 0.00000541. The van der Waals surface area contributed by atoms with E-state index in [4.69, 9.17) is 28.4 Å². The van der Waals surface area contributed by atoms with E-state index in [9.17, 15) is 15.8 Å². The lowest BCUT2D eigenvalue weighted by Gasteiger charge is -2.29. The minimum Gasteiger partial charge on any atom is -1.00 e. The van der Waals surface area contributed by atoms with Crippen LogP contribution < -0.4 is 127 Å². The number of benzene rings is 6. The summed E-state index contributed by atoms with van der Waals surface area (Å²) >= 11 is 0. The van der Waals surface area contributed by atoms with Gasteiger partial charge in [-0.05, 0) is 66.3 Å². The van der Waals surface area contributed by atoms with E-state index in [0.29, 0.717) is 52.0 Å². The van der Waals surface area contributed by atoms with Crippen molar-refractivity contribution in [3.05, 3.63) is 211 Å². The van der Waals surface area contributed by atoms with Gasteiger partial charge in [0.25, 0.3) is 0 Å². The van der Waals surface area contributed by atoms with Gasteiger partial charge in [-0.15, -0.1) is 0 Å². The Bertz CT molecular complexity index is 4280. The van der Waals surface area contributed by atoms with Crippen LogP contribution in [0, 0.1) is 33.7 Å². The molecule has 0 atom stereocenters. The predicted molar refractivity (Wildman–Crippen MR) is 420 cm³/mol. The van der Waals surface area contributed by atoms with Gasteiger partial charge in [-0.1, -0.05) is 98.7 Å². The summed E-state index contributed by atoms with van der Waals surface area (Å²) in [5.74, 6) is 13.5. The molecular weight excluding hydrogens is 1690 g/mol. The fourth-order valence-electron chi connectivity index (χ4n) is 14.1. The lowest BCUT2D eigenvalue weighted by atomic mass is 9.81. The Labute approximate surface area is 696 Å². The Kier molecular flexibility index (Phi) is 28.3. The second kappa shape index (κ2) is 34.8. The quantitative estimate of drug-likeness (QED) is 0.0718. The number of aryl methyl sites for hydroxylation is 3. The van der Waals surface area contributed by atoms with Gasteiger partial charge < -0.3 is 114 Å². The number of imidazole rings is 3. The maximum absolute atomic E-state index is 10.1. The van der Waals surface area contributed by atoms with Gasteiger partial charge in [-0.25, -0.2) is 13.7 Å². The molecule has 0 aliphatic heterocycles. The van der Waals surface area contributed by atoms with Crippen molar-refractivity contribution in [2.24, 2.45) is 21.1 Å². The van der Waals surface area contributed by atoms with E-state index in [0.717, 1.165) is 152 Å². The molecule has 570 valence electrons. The summed E-state index contributed by atoms with van der Waals surface area (Å²) in [5, 5.41) is 30.3. The van der Waals surface area contributed by atoms with Crippen LogP contribution in [0.25, 0.3) is 0 Å². The van der Waals surface area contributed by atoms with Crippen molar-refractivity contribution in [3.63, 3.8) is 0 Å². The Morgan fingerprint density at radius 2 is 0.528 bits per heavy atom. The normalized spacial score (nSPS) is 12.8. The van der Waals surface area contributed by atoms with Crippen LogP contribution in [0.3, 0.4) is 0 Å². The van der Waals surface area contributed by atoms with Crippen molar-refractivity contribution < 1.29 is 114 Å². The maximum Gasteiger partial charge on any atom is 0.244 e. The van der Waals surface area contributed by atoms with Crippen LogP contribution in [0.4, 0.5) is 17.1 Å². The van der Waals surface area contributed by atoms with E-state index >= 15 is 0 Å². The van der Waals surface area contributed by atoms with Crippen molar-refractivity contribution in [1.29, 1.82) is 15.8 Å². The number of fused-ring (bicyclic) bond motifs is 12. The van der Waals surface area contributed by atoms with E-state index in [1.165, 1.54) is 22.2 Å². The fraction of sp³-hybridized carbons (Fsp3) is 0.429. The molecule has 24 heteroatoms. The number of quaternary nitrogens is 3. The number of rotatable bonds is 18. The van der Waals surface area contributed by atoms with Gasteiger partial charge in [0.2, 0.25) is 17.5 Å². The molecule has 0 saturated heterocycles. The van der Waals surface area contributed by atoms with E-state index in [1.54, 1.807) is 21.3 Å². The summed E-state index contributed by atoms with van der Waals surface area (Å²) < 4.78 is 56.0. The molecule has 6 radical (unpaired) electrons. The number of hydrogen-bond acceptors (Lipinski definition) is 9. The van der Waals surface area contributed by atoms with Gasteiger partial charge in [0.15, 0.2) is 19.8 Å². The summed E-state index contributed by atoms with van der Waals surface area (Å²) in [7, 11) is 35.6. The molecule has 3 heterocycles. The molecule has 108 heavy (non-hydrogen) atoms. The topological polar surface area (TPSA) is 153 Å². The van der Waals surface area contributed by atoms with Crippen LogP contribution in [0.1, 0.15) is 163 Å². The van der Waals surface area contributed by atoms with Crippen LogP contribution in [-0.2, 0) is 95.7 Å². The minimum absolute atomic E-state index is 0. The van der Waals surface area contributed by atoms with Crippen LogP contribution in [-0.4, -0.2) is 121 Å².